The molecule has 24 heavy (non-hydrogen) atoms. The molecule has 1 aliphatic heterocycles. The normalized spacial score (nSPS) is 19.0. The molecule has 0 bridgehead atoms. The van der Waals surface area contributed by atoms with Crippen molar-refractivity contribution in [1.82, 2.24) is 25.4 Å². The van der Waals surface area contributed by atoms with E-state index >= 15 is 0 Å². The molecule has 9 heteroatoms. The zero-order valence-electron chi connectivity index (χ0n) is 13.7. The molecule has 3 heterocycles. The van der Waals surface area contributed by atoms with Gasteiger partial charge in [-0.15, -0.1) is 11.3 Å². The molecule has 1 aliphatic rings. The summed E-state index contributed by atoms with van der Waals surface area (Å²) in [6.45, 7) is 3.04. The number of fused-ring (bicyclic) bond motifs is 1. The summed E-state index contributed by atoms with van der Waals surface area (Å²) in [5.41, 5.74) is 0. The Morgan fingerprint density at radius 1 is 1.58 bits per heavy atom. The molecule has 0 saturated carbocycles. The van der Waals surface area contributed by atoms with Crippen molar-refractivity contribution in [2.24, 2.45) is 4.99 Å². The van der Waals surface area contributed by atoms with Gasteiger partial charge in [0.25, 0.3) is 0 Å². The van der Waals surface area contributed by atoms with Crippen LogP contribution in [0.15, 0.2) is 17.1 Å². The number of guanidine groups is 1. The number of aromatic nitrogens is 3. The number of rotatable bonds is 4. The van der Waals surface area contributed by atoms with E-state index in [1.807, 2.05) is 17.7 Å². The second kappa shape index (κ2) is 7.50. The minimum absolute atomic E-state index is 0.234. The van der Waals surface area contributed by atoms with E-state index in [0.29, 0.717) is 16.8 Å². The molecule has 130 valence electrons. The minimum Gasteiger partial charge on any atom is -0.386 e. The highest BCUT2D eigenvalue weighted by molar-refractivity contribution is 7.16. The van der Waals surface area contributed by atoms with Crippen LogP contribution in [0.1, 0.15) is 29.1 Å². The van der Waals surface area contributed by atoms with Gasteiger partial charge in [-0.25, -0.2) is 9.67 Å². The van der Waals surface area contributed by atoms with Crippen LogP contribution in [0.2, 0.25) is 4.34 Å². The number of nitrogens with one attached hydrogen (secondary N) is 2. The summed E-state index contributed by atoms with van der Waals surface area (Å²) in [5, 5.41) is 21.2. The van der Waals surface area contributed by atoms with Crippen LogP contribution in [0, 0.1) is 6.92 Å². The number of aryl methyl sites for hydroxylation is 2. The average molecular weight is 369 g/mol. The third-order valence-electron chi connectivity index (χ3n) is 3.91. The number of halogens is 1. The highest BCUT2D eigenvalue weighted by Crippen LogP contribution is 2.26. The number of aliphatic hydroxyl groups excluding tert-OH is 1. The lowest BCUT2D eigenvalue weighted by molar-refractivity contribution is 0.184. The molecule has 0 spiro atoms. The van der Waals surface area contributed by atoms with Crippen molar-refractivity contribution in [2.75, 3.05) is 13.6 Å². The third kappa shape index (κ3) is 4.06. The first-order valence-electron chi connectivity index (χ1n) is 7.86. The number of hydrogen-bond donors (Lipinski definition) is 3. The van der Waals surface area contributed by atoms with E-state index in [-0.39, 0.29) is 6.04 Å². The van der Waals surface area contributed by atoms with Crippen molar-refractivity contribution in [3.63, 3.8) is 0 Å². The van der Waals surface area contributed by atoms with Crippen LogP contribution in [0.5, 0.6) is 0 Å². The SMILES string of the molecule is CN=C(NCC(O)c1ccc(Cl)s1)NC1CCc2nc(C)nn2C1. The lowest BCUT2D eigenvalue weighted by atomic mass is 10.1. The van der Waals surface area contributed by atoms with Crippen molar-refractivity contribution in [2.45, 2.75) is 38.5 Å². The molecule has 2 atom stereocenters. The molecule has 0 aliphatic carbocycles. The molecular weight excluding hydrogens is 348 g/mol. The maximum Gasteiger partial charge on any atom is 0.191 e. The number of nitrogens with zero attached hydrogens (tertiary/aromatic N) is 4. The number of aliphatic hydroxyl groups is 1. The molecule has 0 radical (unpaired) electrons. The first-order valence-corrected chi connectivity index (χ1v) is 9.05. The summed E-state index contributed by atoms with van der Waals surface area (Å²) < 4.78 is 2.62. The van der Waals surface area contributed by atoms with Crippen LogP contribution in [-0.2, 0) is 13.0 Å². The van der Waals surface area contributed by atoms with E-state index in [1.54, 1.807) is 13.1 Å². The van der Waals surface area contributed by atoms with Crippen LogP contribution < -0.4 is 10.6 Å². The monoisotopic (exact) mass is 368 g/mol. The molecular formula is C15H21ClN6OS. The van der Waals surface area contributed by atoms with Crippen LogP contribution in [0.3, 0.4) is 0 Å². The van der Waals surface area contributed by atoms with Crippen molar-refractivity contribution < 1.29 is 5.11 Å². The fourth-order valence-electron chi connectivity index (χ4n) is 2.74. The average Bonchev–Trinajstić information content (AvgIpc) is 3.15. The van der Waals surface area contributed by atoms with E-state index < -0.39 is 6.10 Å². The summed E-state index contributed by atoms with van der Waals surface area (Å²) in [7, 11) is 1.72. The first kappa shape index (κ1) is 17.2. The Balaban J connectivity index is 1.52. The summed E-state index contributed by atoms with van der Waals surface area (Å²) in [5.74, 6) is 2.52. The standard InChI is InChI=1S/C15H21ClN6OS/c1-9-19-14-6-3-10(8-22(14)21-9)20-15(17-2)18-7-11(23)12-4-5-13(16)24-12/h4-5,10-11,23H,3,6-8H2,1-2H3,(H2,17,18,20). The van der Waals surface area contributed by atoms with E-state index in [4.69, 9.17) is 11.6 Å². The molecule has 0 fully saturated rings. The molecule has 3 rings (SSSR count). The Morgan fingerprint density at radius 3 is 3.12 bits per heavy atom. The fourth-order valence-corrected chi connectivity index (χ4v) is 3.79. The van der Waals surface area contributed by atoms with Gasteiger partial charge >= 0.3 is 0 Å². The summed E-state index contributed by atoms with van der Waals surface area (Å²) in [6, 6.07) is 3.86. The number of thiophene rings is 1. The zero-order valence-corrected chi connectivity index (χ0v) is 15.2. The second-order valence-electron chi connectivity index (χ2n) is 5.75. The van der Waals surface area contributed by atoms with E-state index in [9.17, 15) is 5.11 Å². The smallest absolute Gasteiger partial charge is 0.191 e. The Bertz CT molecular complexity index is 727. The highest BCUT2D eigenvalue weighted by atomic mass is 35.5. The Kier molecular flexibility index (Phi) is 5.37. The van der Waals surface area contributed by atoms with Crippen molar-refractivity contribution in [3.8, 4) is 0 Å². The van der Waals surface area contributed by atoms with Crippen molar-refractivity contribution in [3.05, 3.63) is 33.0 Å². The van der Waals surface area contributed by atoms with E-state index in [0.717, 1.165) is 35.9 Å². The molecule has 0 aromatic carbocycles. The van der Waals surface area contributed by atoms with Gasteiger partial charge in [-0.2, -0.15) is 5.10 Å². The number of aliphatic imine (C=N–C) groups is 1. The third-order valence-corrected chi connectivity index (χ3v) is 5.25. The lowest BCUT2D eigenvalue weighted by Gasteiger charge is -2.25. The van der Waals surface area contributed by atoms with Crippen LogP contribution >= 0.6 is 22.9 Å². The van der Waals surface area contributed by atoms with Crippen LogP contribution in [0.4, 0.5) is 0 Å². The Morgan fingerprint density at radius 2 is 2.42 bits per heavy atom. The second-order valence-corrected chi connectivity index (χ2v) is 7.49. The van der Waals surface area contributed by atoms with Gasteiger partial charge in [0, 0.05) is 30.9 Å². The summed E-state index contributed by atoms with van der Waals surface area (Å²) >= 11 is 7.29. The largest absolute Gasteiger partial charge is 0.386 e. The van der Waals surface area contributed by atoms with Crippen LogP contribution in [-0.4, -0.2) is 45.5 Å². The van der Waals surface area contributed by atoms with E-state index in [2.05, 4.69) is 25.7 Å². The number of hydrogen-bond acceptors (Lipinski definition) is 5. The first-order chi connectivity index (χ1) is 11.5. The molecule has 2 aromatic rings. The molecule has 3 N–H and O–H groups in total. The zero-order chi connectivity index (χ0) is 17.1. The van der Waals surface area contributed by atoms with Gasteiger partial charge in [0.05, 0.1) is 10.9 Å². The van der Waals surface area contributed by atoms with Gasteiger partial charge in [-0.05, 0) is 25.5 Å². The van der Waals surface area contributed by atoms with Crippen LogP contribution in [0.25, 0.3) is 0 Å². The summed E-state index contributed by atoms with van der Waals surface area (Å²) in [6.07, 6.45) is 1.25. The predicted octanol–water partition coefficient (Wildman–Crippen LogP) is 1.51. The van der Waals surface area contributed by atoms with Gasteiger partial charge in [0.15, 0.2) is 5.96 Å². The molecule has 2 aromatic heterocycles. The quantitative estimate of drug-likeness (QED) is 0.562. The topological polar surface area (TPSA) is 87.4 Å². The van der Waals surface area contributed by atoms with Gasteiger partial charge < -0.3 is 15.7 Å². The minimum atomic E-state index is -0.614. The maximum absolute atomic E-state index is 10.2. The van der Waals surface area contributed by atoms with Gasteiger partial charge in [0.2, 0.25) is 0 Å². The summed E-state index contributed by atoms with van der Waals surface area (Å²) in [4.78, 5) is 9.48. The fraction of sp³-hybridized carbons (Fsp3) is 0.533. The Hall–Kier alpha value is -1.64. The molecule has 0 amide bonds. The Labute approximate surface area is 149 Å². The molecule has 0 saturated heterocycles. The van der Waals surface area contributed by atoms with E-state index in [1.165, 1.54) is 11.3 Å². The van der Waals surface area contributed by atoms with Gasteiger partial charge in [-0.3, -0.25) is 4.99 Å². The molecule has 7 nitrogen and oxygen atoms in total. The highest BCUT2D eigenvalue weighted by Gasteiger charge is 2.22. The van der Waals surface area contributed by atoms with Gasteiger partial charge in [-0.1, -0.05) is 11.6 Å². The predicted molar refractivity (Wildman–Crippen MR) is 95.7 cm³/mol. The van der Waals surface area contributed by atoms with Gasteiger partial charge in [0.1, 0.15) is 17.8 Å². The molecule has 2 unspecified atom stereocenters. The van der Waals surface area contributed by atoms with Crippen molar-refractivity contribution >= 4 is 28.9 Å². The lowest BCUT2D eigenvalue weighted by Crippen LogP contribution is -2.47. The maximum atomic E-state index is 10.2. The van der Waals surface area contributed by atoms with Crippen molar-refractivity contribution in [1.29, 1.82) is 0 Å².